The Labute approximate surface area is 127 Å². The molecule has 0 fully saturated rings. The molecule has 2 rings (SSSR count). The average molecular weight is 315 g/mol. The van der Waals surface area contributed by atoms with Crippen LogP contribution in [0, 0.1) is 6.92 Å². The highest BCUT2D eigenvalue weighted by molar-refractivity contribution is 6.45. The number of pyridine rings is 1. The highest BCUT2D eigenvalue weighted by Gasteiger charge is 2.10. The highest BCUT2D eigenvalue weighted by Crippen LogP contribution is 2.33. The maximum Gasteiger partial charge on any atom is 0.322 e. The standard InChI is InChI=1S/C12H10Cl2N2O2.C2H6/c1-6-4-9(15-5-10(17)18)7-2-3-8(13)11(14)12(7)16-6;1-2/h2-4H,5H2,1H3,(H,15,16)(H,17,18);1-2H3. The minimum absolute atomic E-state index is 0.168. The summed E-state index contributed by atoms with van der Waals surface area (Å²) in [6.07, 6.45) is 0. The fourth-order valence-corrected chi connectivity index (χ4v) is 2.04. The van der Waals surface area contributed by atoms with Gasteiger partial charge in [0.2, 0.25) is 0 Å². The lowest BCUT2D eigenvalue weighted by Gasteiger charge is -2.10. The van der Waals surface area contributed by atoms with Gasteiger partial charge in [0.25, 0.3) is 0 Å². The molecule has 2 N–H and O–H groups in total. The Balaban J connectivity index is 0.000000956. The van der Waals surface area contributed by atoms with Crippen molar-refractivity contribution in [1.82, 2.24) is 4.98 Å². The summed E-state index contributed by atoms with van der Waals surface area (Å²) < 4.78 is 0. The molecule has 1 heterocycles. The average Bonchev–Trinajstić information content (AvgIpc) is 2.43. The van der Waals surface area contributed by atoms with E-state index in [1.807, 2.05) is 20.8 Å². The second kappa shape index (κ2) is 7.31. The van der Waals surface area contributed by atoms with Gasteiger partial charge in [-0.15, -0.1) is 0 Å². The molecular formula is C14H16Cl2N2O2. The first-order valence-electron chi connectivity index (χ1n) is 6.20. The minimum atomic E-state index is -0.933. The van der Waals surface area contributed by atoms with Crippen molar-refractivity contribution in [3.05, 3.63) is 33.9 Å². The zero-order valence-corrected chi connectivity index (χ0v) is 13.0. The number of halogens is 2. The summed E-state index contributed by atoms with van der Waals surface area (Å²) in [7, 11) is 0. The molecule has 0 amide bonds. The fraction of sp³-hybridized carbons (Fsp3) is 0.286. The number of hydrogen-bond donors (Lipinski definition) is 2. The van der Waals surface area contributed by atoms with E-state index in [1.54, 1.807) is 18.2 Å². The summed E-state index contributed by atoms with van der Waals surface area (Å²) in [6, 6.07) is 5.20. The Hall–Kier alpha value is -1.52. The van der Waals surface area contributed by atoms with Crippen molar-refractivity contribution in [1.29, 1.82) is 0 Å². The van der Waals surface area contributed by atoms with Gasteiger partial charge in [0, 0.05) is 16.8 Å². The number of aromatic nitrogens is 1. The van der Waals surface area contributed by atoms with Crippen molar-refractivity contribution in [3.63, 3.8) is 0 Å². The van der Waals surface area contributed by atoms with Crippen molar-refractivity contribution in [2.75, 3.05) is 11.9 Å². The third kappa shape index (κ3) is 3.74. The quantitative estimate of drug-likeness (QED) is 0.882. The van der Waals surface area contributed by atoms with E-state index >= 15 is 0 Å². The predicted octanol–water partition coefficient (Wildman–Crippen LogP) is 4.37. The number of benzene rings is 1. The van der Waals surface area contributed by atoms with Gasteiger partial charge in [-0.25, -0.2) is 0 Å². The molecule has 108 valence electrons. The van der Waals surface area contributed by atoms with Gasteiger partial charge < -0.3 is 10.4 Å². The van der Waals surface area contributed by atoms with Crippen LogP contribution in [0.15, 0.2) is 18.2 Å². The predicted molar refractivity (Wildman–Crippen MR) is 84.0 cm³/mol. The van der Waals surface area contributed by atoms with E-state index in [2.05, 4.69) is 10.3 Å². The number of aryl methyl sites for hydroxylation is 1. The molecule has 0 saturated heterocycles. The molecular weight excluding hydrogens is 299 g/mol. The number of anilines is 1. The number of aliphatic carboxylic acids is 1. The molecule has 0 aliphatic carbocycles. The fourth-order valence-electron chi connectivity index (χ4n) is 1.68. The second-order valence-corrected chi connectivity index (χ2v) is 4.60. The Bertz CT molecular complexity index is 630. The Kier molecular flexibility index (Phi) is 6.05. The lowest BCUT2D eigenvalue weighted by molar-refractivity contribution is -0.134. The van der Waals surface area contributed by atoms with Crippen molar-refractivity contribution >= 4 is 45.8 Å². The molecule has 6 heteroatoms. The van der Waals surface area contributed by atoms with Gasteiger partial charge in [0.05, 0.1) is 15.6 Å². The first-order chi connectivity index (χ1) is 9.49. The van der Waals surface area contributed by atoms with E-state index < -0.39 is 5.97 Å². The zero-order valence-electron chi connectivity index (χ0n) is 11.5. The summed E-state index contributed by atoms with van der Waals surface area (Å²) in [6.45, 7) is 5.64. The van der Waals surface area contributed by atoms with Crippen LogP contribution in [0.5, 0.6) is 0 Å². The summed E-state index contributed by atoms with van der Waals surface area (Å²) in [5.41, 5.74) is 1.98. The topological polar surface area (TPSA) is 62.2 Å². The van der Waals surface area contributed by atoms with E-state index in [-0.39, 0.29) is 6.54 Å². The maximum absolute atomic E-state index is 10.6. The van der Waals surface area contributed by atoms with Gasteiger partial charge >= 0.3 is 5.97 Å². The number of rotatable bonds is 3. The Morgan fingerprint density at radius 1 is 1.35 bits per heavy atom. The molecule has 20 heavy (non-hydrogen) atoms. The smallest absolute Gasteiger partial charge is 0.322 e. The van der Waals surface area contributed by atoms with Crippen molar-refractivity contribution in [2.45, 2.75) is 20.8 Å². The first-order valence-corrected chi connectivity index (χ1v) is 6.95. The van der Waals surface area contributed by atoms with Crippen LogP contribution in [0.25, 0.3) is 10.9 Å². The SMILES string of the molecule is CC.Cc1cc(NCC(=O)O)c2ccc(Cl)c(Cl)c2n1. The number of nitrogens with one attached hydrogen (secondary N) is 1. The third-order valence-corrected chi connectivity index (χ3v) is 3.22. The van der Waals surface area contributed by atoms with E-state index in [9.17, 15) is 4.79 Å². The molecule has 1 aromatic carbocycles. The minimum Gasteiger partial charge on any atom is -0.480 e. The lowest BCUT2D eigenvalue weighted by Crippen LogP contribution is -2.12. The van der Waals surface area contributed by atoms with Crippen LogP contribution in [0.2, 0.25) is 10.0 Å². The van der Waals surface area contributed by atoms with Crippen molar-refractivity contribution < 1.29 is 9.90 Å². The number of carbonyl (C=O) groups is 1. The molecule has 2 aromatic rings. The number of carboxylic acid groups (broad SMARTS) is 1. The van der Waals surface area contributed by atoms with Crippen LogP contribution in [0.3, 0.4) is 0 Å². The van der Waals surface area contributed by atoms with Crippen molar-refractivity contribution in [3.8, 4) is 0 Å². The summed E-state index contributed by atoms with van der Waals surface area (Å²) in [5.74, 6) is -0.933. The molecule has 0 saturated carbocycles. The monoisotopic (exact) mass is 314 g/mol. The van der Waals surface area contributed by atoms with E-state index in [0.717, 1.165) is 11.1 Å². The highest BCUT2D eigenvalue weighted by atomic mass is 35.5. The molecule has 4 nitrogen and oxygen atoms in total. The molecule has 1 aromatic heterocycles. The maximum atomic E-state index is 10.6. The largest absolute Gasteiger partial charge is 0.480 e. The Morgan fingerprint density at radius 3 is 2.60 bits per heavy atom. The van der Waals surface area contributed by atoms with Crippen molar-refractivity contribution in [2.24, 2.45) is 0 Å². The normalized spacial score (nSPS) is 9.85. The lowest BCUT2D eigenvalue weighted by atomic mass is 10.1. The number of hydrogen-bond acceptors (Lipinski definition) is 3. The third-order valence-electron chi connectivity index (χ3n) is 2.43. The molecule has 0 radical (unpaired) electrons. The van der Waals surface area contributed by atoms with Gasteiger partial charge in [0.1, 0.15) is 6.54 Å². The summed E-state index contributed by atoms with van der Waals surface area (Å²) in [4.78, 5) is 14.9. The van der Waals surface area contributed by atoms with Crippen LogP contribution >= 0.6 is 23.2 Å². The summed E-state index contributed by atoms with van der Waals surface area (Å²) in [5, 5.41) is 13.1. The van der Waals surface area contributed by atoms with Gasteiger partial charge in [-0.05, 0) is 25.1 Å². The van der Waals surface area contributed by atoms with Gasteiger partial charge in [-0.1, -0.05) is 37.0 Å². The van der Waals surface area contributed by atoms with Crippen LogP contribution < -0.4 is 5.32 Å². The van der Waals surface area contributed by atoms with E-state index in [4.69, 9.17) is 28.3 Å². The van der Waals surface area contributed by atoms with Crippen LogP contribution in [0.1, 0.15) is 19.5 Å². The van der Waals surface area contributed by atoms with Gasteiger partial charge in [-0.3, -0.25) is 9.78 Å². The first kappa shape index (κ1) is 16.5. The molecule has 0 atom stereocenters. The Morgan fingerprint density at radius 2 is 2.00 bits per heavy atom. The number of fused-ring (bicyclic) bond motifs is 1. The molecule has 0 unspecified atom stereocenters. The number of nitrogens with zero attached hydrogens (tertiary/aromatic N) is 1. The van der Waals surface area contributed by atoms with Crippen LogP contribution in [-0.4, -0.2) is 22.6 Å². The second-order valence-electron chi connectivity index (χ2n) is 3.82. The van der Waals surface area contributed by atoms with E-state index in [0.29, 0.717) is 21.2 Å². The van der Waals surface area contributed by atoms with E-state index in [1.165, 1.54) is 0 Å². The molecule has 0 aliphatic heterocycles. The molecule has 0 bridgehead atoms. The number of carboxylic acids is 1. The van der Waals surface area contributed by atoms with Crippen LogP contribution in [0.4, 0.5) is 5.69 Å². The zero-order chi connectivity index (χ0) is 15.3. The van der Waals surface area contributed by atoms with Gasteiger partial charge in [0.15, 0.2) is 0 Å². The summed E-state index contributed by atoms with van der Waals surface area (Å²) >= 11 is 12.0. The van der Waals surface area contributed by atoms with Gasteiger partial charge in [-0.2, -0.15) is 0 Å². The molecule has 0 aliphatic rings. The van der Waals surface area contributed by atoms with Crippen LogP contribution in [-0.2, 0) is 4.79 Å². The molecule has 0 spiro atoms.